The first kappa shape index (κ1) is 15.0. The lowest BCUT2D eigenvalue weighted by molar-refractivity contribution is -0.0653. The van der Waals surface area contributed by atoms with E-state index in [9.17, 15) is 13.5 Å². The average Bonchev–Trinajstić information content (AvgIpc) is 2.36. The number of nitrogens with zero attached hydrogens (tertiary/aromatic N) is 2. The monoisotopic (exact) mass is 294 g/mol. The Morgan fingerprint density at radius 2 is 1.95 bits per heavy atom. The van der Waals surface area contributed by atoms with Crippen molar-refractivity contribution in [3.8, 4) is 6.07 Å². The Kier molecular flexibility index (Phi) is 4.14. The van der Waals surface area contributed by atoms with Crippen LogP contribution in [0.2, 0.25) is 0 Å². The number of β-amino-alcohol motifs (C(OH)–C–C–N with tert-alkyl or cyclic N) is 1. The second-order valence-corrected chi connectivity index (χ2v) is 7.28. The van der Waals surface area contributed by atoms with Crippen molar-refractivity contribution in [1.82, 2.24) is 4.31 Å². The number of benzene rings is 1. The van der Waals surface area contributed by atoms with Crippen LogP contribution in [0.25, 0.3) is 0 Å². The molecule has 2 rings (SSSR count). The fourth-order valence-corrected chi connectivity index (χ4v) is 4.08. The fourth-order valence-electron chi connectivity index (χ4n) is 2.41. The summed E-state index contributed by atoms with van der Waals surface area (Å²) in [5.41, 5.74) is 0.300. The molecule has 0 aliphatic carbocycles. The van der Waals surface area contributed by atoms with Gasteiger partial charge in [-0.1, -0.05) is 25.5 Å². The van der Waals surface area contributed by atoms with E-state index >= 15 is 0 Å². The first-order valence-corrected chi connectivity index (χ1v) is 8.19. The van der Waals surface area contributed by atoms with Crippen molar-refractivity contribution in [2.45, 2.75) is 31.1 Å². The van der Waals surface area contributed by atoms with Gasteiger partial charge in [0.1, 0.15) is 0 Å². The van der Waals surface area contributed by atoms with Gasteiger partial charge >= 0.3 is 0 Å². The van der Waals surface area contributed by atoms with Crippen LogP contribution in [0.4, 0.5) is 0 Å². The molecule has 1 N–H and O–H groups in total. The lowest BCUT2D eigenvalue weighted by atomic mass is 9.92. The number of nitriles is 1. The third-order valence-electron chi connectivity index (χ3n) is 3.48. The Morgan fingerprint density at radius 1 is 1.35 bits per heavy atom. The summed E-state index contributed by atoms with van der Waals surface area (Å²) in [4.78, 5) is 0. The molecule has 1 saturated heterocycles. The summed E-state index contributed by atoms with van der Waals surface area (Å²) < 4.78 is 25.7. The van der Waals surface area contributed by atoms with Crippen LogP contribution in [-0.2, 0) is 15.8 Å². The van der Waals surface area contributed by atoms with E-state index in [1.54, 1.807) is 24.3 Å². The maximum Gasteiger partial charge on any atom is 0.218 e. The average molecular weight is 294 g/mol. The van der Waals surface area contributed by atoms with Gasteiger partial charge in [0, 0.05) is 13.1 Å². The molecule has 108 valence electrons. The molecular formula is C14H18N2O3S. The van der Waals surface area contributed by atoms with Gasteiger partial charge in [0.15, 0.2) is 0 Å². The quantitative estimate of drug-likeness (QED) is 0.885. The van der Waals surface area contributed by atoms with Crippen molar-refractivity contribution in [1.29, 1.82) is 5.26 Å². The van der Waals surface area contributed by atoms with Crippen LogP contribution in [0, 0.1) is 11.3 Å². The second-order valence-electron chi connectivity index (χ2n) is 5.31. The highest BCUT2D eigenvalue weighted by atomic mass is 32.2. The Bertz CT molecular complexity index is 611. The van der Waals surface area contributed by atoms with E-state index in [4.69, 9.17) is 5.26 Å². The highest BCUT2D eigenvalue weighted by Gasteiger charge is 2.45. The van der Waals surface area contributed by atoms with Crippen LogP contribution in [0.1, 0.15) is 30.9 Å². The summed E-state index contributed by atoms with van der Waals surface area (Å²) in [5, 5.41) is 18.7. The van der Waals surface area contributed by atoms with Crippen LogP contribution < -0.4 is 0 Å². The molecule has 6 heteroatoms. The maximum absolute atomic E-state index is 12.2. The number of sulfonamides is 1. The van der Waals surface area contributed by atoms with Gasteiger partial charge in [-0.15, -0.1) is 0 Å². The predicted octanol–water partition coefficient (Wildman–Crippen LogP) is 1.23. The molecule has 20 heavy (non-hydrogen) atoms. The van der Waals surface area contributed by atoms with Crippen molar-refractivity contribution in [2.75, 3.05) is 13.1 Å². The number of hydrogen-bond acceptors (Lipinski definition) is 4. The summed E-state index contributed by atoms with van der Waals surface area (Å²) in [5.74, 6) is -0.0963. The van der Waals surface area contributed by atoms with Crippen molar-refractivity contribution in [2.24, 2.45) is 0 Å². The molecule has 1 heterocycles. The van der Waals surface area contributed by atoms with E-state index in [0.29, 0.717) is 17.5 Å². The van der Waals surface area contributed by atoms with E-state index in [1.807, 2.05) is 13.0 Å². The van der Waals surface area contributed by atoms with Gasteiger partial charge < -0.3 is 5.11 Å². The molecule has 0 atom stereocenters. The topological polar surface area (TPSA) is 81.4 Å². The van der Waals surface area contributed by atoms with Gasteiger partial charge in [0.05, 0.1) is 23.0 Å². The zero-order chi connectivity index (χ0) is 14.8. The minimum absolute atomic E-state index is 0.0963. The van der Waals surface area contributed by atoms with E-state index in [2.05, 4.69) is 0 Å². The Morgan fingerprint density at radius 3 is 2.45 bits per heavy atom. The number of rotatable bonds is 5. The molecule has 0 bridgehead atoms. The molecule has 0 saturated carbocycles. The summed E-state index contributed by atoms with van der Waals surface area (Å²) in [6.45, 7) is 2.32. The highest BCUT2D eigenvalue weighted by molar-refractivity contribution is 7.88. The van der Waals surface area contributed by atoms with Crippen molar-refractivity contribution < 1.29 is 13.5 Å². The highest BCUT2D eigenvalue weighted by Crippen LogP contribution is 2.29. The number of aliphatic hydroxyl groups is 1. The van der Waals surface area contributed by atoms with Gasteiger partial charge in [-0.3, -0.25) is 0 Å². The molecule has 0 unspecified atom stereocenters. The second kappa shape index (κ2) is 5.52. The molecule has 1 aromatic rings. The third kappa shape index (κ3) is 3.18. The van der Waals surface area contributed by atoms with Crippen LogP contribution in [-0.4, -0.2) is 36.5 Å². The lowest BCUT2D eigenvalue weighted by Crippen LogP contribution is -2.63. The molecule has 1 fully saturated rings. The predicted molar refractivity (Wildman–Crippen MR) is 75.2 cm³/mol. The minimum atomic E-state index is -3.40. The molecule has 1 aliphatic rings. The Balaban J connectivity index is 2.00. The Hall–Kier alpha value is -1.42. The van der Waals surface area contributed by atoms with Gasteiger partial charge in [-0.05, 0) is 24.1 Å². The standard InChI is InChI=1S/C14H18N2O3S/c1-2-7-14(17)10-16(11-14)20(18,19)9-13-5-3-12(8-15)4-6-13/h3-6,17H,2,7,9-11H2,1H3. The number of hydrogen-bond donors (Lipinski definition) is 1. The molecule has 0 aromatic heterocycles. The molecule has 0 amide bonds. The van der Waals surface area contributed by atoms with Gasteiger partial charge in [0.2, 0.25) is 10.0 Å². The molecule has 0 spiro atoms. The summed E-state index contributed by atoms with van der Waals surface area (Å²) in [7, 11) is -3.40. The summed E-state index contributed by atoms with van der Waals surface area (Å²) in [6.07, 6.45) is 1.45. The van der Waals surface area contributed by atoms with Crippen LogP contribution in [0.3, 0.4) is 0 Å². The smallest absolute Gasteiger partial charge is 0.218 e. The van der Waals surface area contributed by atoms with Crippen LogP contribution in [0.5, 0.6) is 0 Å². The molecule has 1 aliphatic heterocycles. The van der Waals surface area contributed by atoms with E-state index in [1.165, 1.54) is 4.31 Å². The fraction of sp³-hybridized carbons (Fsp3) is 0.500. The molecule has 0 radical (unpaired) electrons. The van der Waals surface area contributed by atoms with E-state index in [-0.39, 0.29) is 18.8 Å². The zero-order valence-corrected chi connectivity index (χ0v) is 12.2. The SMILES string of the molecule is CCCC1(O)CN(S(=O)(=O)Cc2ccc(C#N)cc2)C1. The molecular weight excluding hydrogens is 276 g/mol. The summed E-state index contributed by atoms with van der Waals surface area (Å²) in [6, 6.07) is 8.50. The molecule has 5 nitrogen and oxygen atoms in total. The van der Waals surface area contributed by atoms with Crippen molar-refractivity contribution >= 4 is 10.0 Å². The minimum Gasteiger partial charge on any atom is -0.387 e. The van der Waals surface area contributed by atoms with E-state index in [0.717, 1.165) is 6.42 Å². The van der Waals surface area contributed by atoms with Gasteiger partial charge in [-0.2, -0.15) is 9.57 Å². The van der Waals surface area contributed by atoms with Gasteiger partial charge in [-0.25, -0.2) is 8.42 Å². The van der Waals surface area contributed by atoms with Crippen LogP contribution >= 0.6 is 0 Å². The van der Waals surface area contributed by atoms with E-state index < -0.39 is 15.6 Å². The third-order valence-corrected chi connectivity index (χ3v) is 5.23. The normalized spacial score (nSPS) is 18.2. The van der Waals surface area contributed by atoms with Crippen molar-refractivity contribution in [3.05, 3.63) is 35.4 Å². The van der Waals surface area contributed by atoms with Crippen molar-refractivity contribution in [3.63, 3.8) is 0 Å². The molecule has 1 aromatic carbocycles. The Labute approximate surface area is 119 Å². The summed E-state index contributed by atoms with van der Waals surface area (Å²) >= 11 is 0. The first-order valence-electron chi connectivity index (χ1n) is 6.58. The first-order chi connectivity index (χ1) is 9.38. The zero-order valence-electron chi connectivity index (χ0n) is 11.4. The lowest BCUT2D eigenvalue weighted by Gasteiger charge is -2.45. The van der Waals surface area contributed by atoms with Crippen LogP contribution in [0.15, 0.2) is 24.3 Å². The maximum atomic E-state index is 12.2. The van der Waals surface area contributed by atoms with Gasteiger partial charge in [0.25, 0.3) is 0 Å². The largest absolute Gasteiger partial charge is 0.387 e.